The zero-order chi connectivity index (χ0) is 37.7. The van der Waals surface area contributed by atoms with Crippen molar-refractivity contribution in [2.24, 2.45) is 0 Å². The molecule has 2 fully saturated rings. The SMILES string of the molecule is C=CCOC(=O)NC1CS[C@@H]2c3c(OC(C)=O)c(C)c4c(c3C(COC1=O)N1[C@@H]2[C@H]2c3c(cc(C)c(OC)c3OCOC)C[C@@H]([C@@H]1C#N)N2C)OCO4. The molecule has 1 amide bonds. The van der Waals surface area contributed by atoms with Crippen LogP contribution in [0, 0.1) is 25.2 Å². The van der Waals surface area contributed by atoms with Gasteiger partial charge < -0.3 is 43.2 Å². The highest BCUT2D eigenvalue weighted by Crippen LogP contribution is 2.64. The number of likely N-dealkylation sites (N-methyl/N-ethyl adjacent to an activating group) is 1. The Bertz CT molecular complexity index is 1900. The van der Waals surface area contributed by atoms with E-state index < -0.39 is 53.5 Å². The molecule has 0 radical (unpaired) electrons. The molecule has 2 aromatic carbocycles. The van der Waals surface area contributed by atoms with Crippen LogP contribution in [0.15, 0.2) is 18.7 Å². The number of amides is 1. The smallest absolute Gasteiger partial charge is 0.408 e. The molecule has 6 heterocycles. The number of hydrogen-bond acceptors (Lipinski definition) is 15. The van der Waals surface area contributed by atoms with Crippen LogP contribution in [0.3, 0.4) is 0 Å². The summed E-state index contributed by atoms with van der Waals surface area (Å²) in [6.45, 7) is 8.32. The normalized spacial score (nSPS) is 26.9. The average molecular weight is 751 g/mol. The Kier molecular flexibility index (Phi) is 10.1. The Labute approximate surface area is 311 Å². The number of thioether (sulfide) groups is 1. The summed E-state index contributed by atoms with van der Waals surface area (Å²) in [5.74, 6) is 1.13. The average Bonchev–Trinajstić information content (AvgIpc) is 3.62. The molecule has 2 aromatic rings. The molecule has 0 aliphatic carbocycles. The van der Waals surface area contributed by atoms with Gasteiger partial charge in [0, 0.05) is 54.1 Å². The van der Waals surface area contributed by atoms with Gasteiger partial charge in [0.05, 0.1) is 30.5 Å². The van der Waals surface area contributed by atoms with E-state index >= 15 is 0 Å². The van der Waals surface area contributed by atoms with Gasteiger partial charge in [0.2, 0.25) is 6.79 Å². The van der Waals surface area contributed by atoms with Gasteiger partial charge in [-0.25, -0.2) is 9.59 Å². The van der Waals surface area contributed by atoms with Crippen molar-refractivity contribution in [2.45, 2.75) is 68.7 Å². The summed E-state index contributed by atoms with van der Waals surface area (Å²) in [6, 6.07) is 0.967. The summed E-state index contributed by atoms with van der Waals surface area (Å²) in [7, 11) is 5.15. The number of rotatable bonds is 8. The third kappa shape index (κ3) is 5.99. The van der Waals surface area contributed by atoms with Gasteiger partial charge in [0.15, 0.2) is 29.8 Å². The van der Waals surface area contributed by atoms with Crippen molar-refractivity contribution < 1.29 is 52.3 Å². The van der Waals surface area contributed by atoms with E-state index in [1.165, 1.54) is 24.8 Å². The summed E-state index contributed by atoms with van der Waals surface area (Å²) in [4.78, 5) is 43.6. The van der Waals surface area contributed by atoms with E-state index in [0.717, 1.165) is 16.7 Å². The summed E-state index contributed by atoms with van der Waals surface area (Å²) in [5, 5.41) is 13.1. The number of fused-ring (bicyclic) bond motifs is 10. The van der Waals surface area contributed by atoms with E-state index in [0.29, 0.717) is 51.9 Å². The molecule has 7 atom stereocenters. The zero-order valence-electron chi connectivity index (χ0n) is 30.4. The number of esters is 2. The van der Waals surface area contributed by atoms with Crippen LogP contribution in [-0.2, 0) is 30.2 Å². The van der Waals surface area contributed by atoms with Gasteiger partial charge in [0.25, 0.3) is 0 Å². The minimum absolute atomic E-state index is 0.0323. The van der Waals surface area contributed by atoms with Crippen LogP contribution < -0.4 is 29.0 Å². The first-order chi connectivity index (χ1) is 25.6. The van der Waals surface area contributed by atoms with E-state index in [-0.39, 0.29) is 38.6 Å². The van der Waals surface area contributed by atoms with Crippen LogP contribution >= 0.6 is 11.8 Å². The van der Waals surface area contributed by atoms with E-state index in [4.69, 9.17) is 37.9 Å². The number of carbonyl (C=O) groups excluding carboxylic acids is 3. The van der Waals surface area contributed by atoms with Crippen molar-refractivity contribution in [3.8, 4) is 34.8 Å². The molecule has 2 saturated heterocycles. The highest BCUT2D eigenvalue weighted by molar-refractivity contribution is 7.99. The van der Waals surface area contributed by atoms with Crippen molar-refractivity contribution in [1.29, 1.82) is 5.26 Å². The number of ether oxygens (including phenoxy) is 8. The van der Waals surface area contributed by atoms with Crippen LogP contribution in [0.5, 0.6) is 28.7 Å². The van der Waals surface area contributed by atoms with Gasteiger partial charge in [-0.05, 0) is 38.4 Å². The number of nitriles is 1. The van der Waals surface area contributed by atoms with Crippen molar-refractivity contribution in [3.05, 3.63) is 52.1 Å². The third-order valence-electron chi connectivity index (χ3n) is 10.6. The van der Waals surface area contributed by atoms with Crippen molar-refractivity contribution in [3.63, 3.8) is 0 Å². The lowest BCUT2D eigenvalue weighted by Gasteiger charge is -2.61. The molecule has 4 bridgehead atoms. The van der Waals surface area contributed by atoms with Gasteiger partial charge in [-0.15, -0.1) is 11.8 Å². The Hall–Kier alpha value is -4.69. The lowest BCUT2D eigenvalue weighted by molar-refractivity contribution is -0.151. The van der Waals surface area contributed by atoms with Gasteiger partial charge in [-0.3, -0.25) is 14.6 Å². The molecule has 15 nitrogen and oxygen atoms in total. The number of methoxy groups -OCH3 is 2. The molecule has 0 saturated carbocycles. The Morgan fingerprint density at radius 1 is 1.13 bits per heavy atom. The Morgan fingerprint density at radius 2 is 1.91 bits per heavy atom. The van der Waals surface area contributed by atoms with Crippen LogP contribution in [-0.4, -0.2) is 106 Å². The number of alkyl carbamates (subject to hydrolysis) is 1. The second-order valence-electron chi connectivity index (χ2n) is 13.5. The van der Waals surface area contributed by atoms with Gasteiger partial charge in [-0.1, -0.05) is 18.7 Å². The fraction of sp³-hybridized carbons (Fsp3) is 0.514. The fourth-order valence-corrected chi connectivity index (χ4v) is 10.1. The number of piperazine rings is 1. The largest absolute Gasteiger partial charge is 0.493 e. The summed E-state index contributed by atoms with van der Waals surface area (Å²) < 4.78 is 47.0. The summed E-state index contributed by atoms with van der Waals surface area (Å²) in [6.07, 6.45) is 1.15. The lowest BCUT2D eigenvalue weighted by atomic mass is 9.71. The maximum atomic E-state index is 13.7. The van der Waals surface area contributed by atoms with Crippen molar-refractivity contribution in [2.75, 3.05) is 53.8 Å². The highest BCUT2D eigenvalue weighted by atomic mass is 32.2. The zero-order valence-corrected chi connectivity index (χ0v) is 31.2. The first-order valence-corrected chi connectivity index (χ1v) is 18.3. The number of nitrogens with one attached hydrogen (secondary N) is 1. The molecule has 53 heavy (non-hydrogen) atoms. The van der Waals surface area contributed by atoms with Crippen LogP contribution in [0.2, 0.25) is 0 Å². The standard InChI is InChI=1S/C37H42N4O11S/c1-8-9-47-37(44)39-21-14-53-35-27-26(34-32(50-16-51-34)18(3)31(27)52-19(4)42)24(13-48-36(21)43)41-23(12-38)22-11-20-10-17(2)30(46-7)33(49-15-45-6)25(20)28(29(35)41)40(22)5/h8,10,21-24,28-29,35H,1,9,11,13-16H2,2-7H3,(H,39,44)/t21?,22-,23-,24?,28+,29+,35+/m0/s1. The minimum atomic E-state index is -1.09. The number of hydrogen-bond donors (Lipinski definition) is 1. The number of nitrogens with zero attached hydrogens (tertiary/aromatic N) is 3. The topological polar surface area (TPSA) is 167 Å². The van der Waals surface area contributed by atoms with E-state index in [1.54, 1.807) is 14.2 Å². The predicted octanol–water partition coefficient (Wildman–Crippen LogP) is 3.79. The highest BCUT2D eigenvalue weighted by Gasteiger charge is 2.61. The van der Waals surface area contributed by atoms with E-state index in [9.17, 15) is 19.6 Å². The first kappa shape index (κ1) is 36.7. The molecular weight excluding hydrogens is 708 g/mol. The summed E-state index contributed by atoms with van der Waals surface area (Å²) >= 11 is 1.38. The number of benzene rings is 2. The number of aryl methyl sites for hydroxylation is 1. The van der Waals surface area contributed by atoms with Crippen LogP contribution in [0.1, 0.15) is 57.6 Å². The Balaban J connectivity index is 1.50. The first-order valence-electron chi connectivity index (χ1n) is 17.2. The van der Waals surface area contributed by atoms with Gasteiger partial charge in [-0.2, -0.15) is 5.26 Å². The molecule has 0 spiro atoms. The third-order valence-corrected chi connectivity index (χ3v) is 12.0. The van der Waals surface area contributed by atoms with Gasteiger partial charge in [0.1, 0.15) is 31.0 Å². The number of carbonyl (C=O) groups is 3. The summed E-state index contributed by atoms with van der Waals surface area (Å²) in [5.41, 5.74) is 4.63. The lowest BCUT2D eigenvalue weighted by Crippen LogP contribution is -2.69. The fourth-order valence-electron chi connectivity index (χ4n) is 8.62. The molecule has 16 heteroatoms. The molecule has 282 valence electrons. The Morgan fingerprint density at radius 3 is 2.60 bits per heavy atom. The maximum absolute atomic E-state index is 13.7. The van der Waals surface area contributed by atoms with E-state index in [1.807, 2.05) is 20.9 Å². The molecular formula is C37H42N4O11S. The van der Waals surface area contributed by atoms with Crippen molar-refractivity contribution >= 4 is 29.8 Å². The van der Waals surface area contributed by atoms with Crippen molar-refractivity contribution in [1.82, 2.24) is 15.1 Å². The quantitative estimate of drug-likeness (QED) is 0.179. The van der Waals surface area contributed by atoms with Crippen LogP contribution in [0.25, 0.3) is 0 Å². The molecule has 1 N–H and O–H groups in total. The molecule has 6 aliphatic heterocycles. The molecule has 6 aliphatic rings. The van der Waals surface area contributed by atoms with E-state index in [2.05, 4.69) is 33.8 Å². The molecule has 2 unspecified atom stereocenters. The second kappa shape index (κ2) is 14.6. The molecule has 0 aromatic heterocycles. The van der Waals surface area contributed by atoms with Gasteiger partial charge >= 0.3 is 18.0 Å². The predicted molar refractivity (Wildman–Crippen MR) is 189 cm³/mol. The second-order valence-corrected chi connectivity index (χ2v) is 14.7. The molecule has 8 rings (SSSR count). The minimum Gasteiger partial charge on any atom is -0.493 e. The van der Waals surface area contributed by atoms with Crippen LogP contribution in [0.4, 0.5) is 4.79 Å². The monoisotopic (exact) mass is 750 g/mol. The maximum Gasteiger partial charge on any atom is 0.408 e.